The van der Waals surface area contributed by atoms with Gasteiger partial charge in [-0.15, -0.1) is 0 Å². The van der Waals surface area contributed by atoms with E-state index in [-0.39, 0.29) is 11.1 Å². The quantitative estimate of drug-likeness (QED) is 0.109. The molecule has 11 rings (SSSR count). The number of nitrogens with zero attached hydrogens (tertiary/aromatic N) is 15. The van der Waals surface area contributed by atoms with Crippen LogP contribution in [0.4, 0.5) is 0 Å². The van der Waals surface area contributed by atoms with E-state index in [0.717, 1.165) is 79.5 Å². The van der Waals surface area contributed by atoms with Crippen LogP contribution in [0.15, 0.2) is 220 Å². The number of aliphatic imine (C=N–C) groups is 1. The van der Waals surface area contributed by atoms with Crippen LogP contribution in [0.3, 0.4) is 0 Å². The highest BCUT2D eigenvalue weighted by atomic mass is 16.1. The van der Waals surface area contributed by atoms with Crippen LogP contribution in [0.25, 0.3) is 0 Å². The molecule has 112 heavy (non-hydrogen) atoms. The van der Waals surface area contributed by atoms with Gasteiger partial charge in [-0.25, -0.2) is 29.6 Å². The first kappa shape index (κ1) is 99.4. The normalized spacial score (nSPS) is 12.2. The lowest BCUT2D eigenvalue weighted by molar-refractivity contribution is 0.689. The van der Waals surface area contributed by atoms with E-state index in [1.807, 2.05) is 123 Å². The summed E-state index contributed by atoms with van der Waals surface area (Å²) >= 11 is 0. The minimum absolute atomic E-state index is 0.0452. The summed E-state index contributed by atoms with van der Waals surface area (Å²) in [5.41, 5.74) is 25.1. The molecule has 8 aromatic rings. The summed E-state index contributed by atoms with van der Waals surface area (Å²) in [6.07, 6.45) is 27.7. The van der Waals surface area contributed by atoms with Crippen LogP contribution in [0.2, 0.25) is 0 Å². The monoisotopic (exact) mass is 1530 g/mol. The minimum Gasteiger partial charge on any atom is -0.362 e. The Bertz CT molecular complexity index is 3890. The lowest BCUT2D eigenvalue weighted by atomic mass is 10.0. The molecule has 0 fully saturated rings. The largest absolute Gasteiger partial charge is 0.362 e. The van der Waals surface area contributed by atoms with Crippen LogP contribution in [0.1, 0.15) is 279 Å². The molecule has 20 heteroatoms. The van der Waals surface area contributed by atoms with Gasteiger partial charge in [-0.2, -0.15) is 30.6 Å². The maximum Gasteiger partial charge on any atom is 0.266 e. The first-order valence-corrected chi connectivity index (χ1v) is 38.9. The van der Waals surface area contributed by atoms with Gasteiger partial charge in [0.15, 0.2) is 0 Å². The lowest BCUT2D eigenvalue weighted by Gasteiger charge is -2.12. The van der Waals surface area contributed by atoms with Crippen LogP contribution in [0.5, 0.6) is 0 Å². The van der Waals surface area contributed by atoms with E-state index in [9.17, 15) is 9.59 Å². The Morgan fingerprint density at radius 1 is 0.384 bits per heavy atom. The maximum atomic E-state index is 11.1. The predicted molar refractivity (Wildman–Crippen MR) is 471 cm³/mol. The van der Waals surface area contributed by atoms with E-state index in [1.165, 1.54) is 38.1 Å². The number of aromatic nitrogens is 13. The summed E-state index contributed by atoms with van der Waals surface area (Å²) < 4.78 is 2.90. The third-order valence-electron chi connectivity index (χ3n) is 16.7. The predicted octanol–water partition coefficient (Wildman–Crippen LogP) is 20.6. The Kier molecular flexibility index (Phi) is 47.3. The molecule has 0 amide bonds. The molecule has 0 saturated carbocycles. The molecule has 0 atom stereocenters. The van der Waals surface area contributed by atoms with E-state index in [1.54, 1.807) is 62.2 Å². The van der Waals surface area contributed by atoms with Gasteiger partial charge >= 0.3 is 0 Å². The Labute approximate surface area is 673 Å². The van der Waals surface area contributed by atoms with E-state index < -0.39 is 0 Å². The topological polar surface area (TPSA) is 247 Å². The number of dihydropyridines is 1. The molecule has 0 radical (unpaired) electrons. The van der Waals surface area contributed by atoms with Crippen LogP contribution < -0.4 is 27.2 Å². The van der Waals surface area contributed by atoms with Crippen LogP contribution in [-0.2, 0) is 14.1 Å². The first-order chi connectivity index (χ1) is 52.5. The van der Waals surface area contributed by atoms with Gasteiger partial charge in [-0.3, -0.25) is 25.0 Å². The smallest absolute Gasteiger partial charge is 0.266 e. The molecule has 606 valence electrons. The Balaban J connectivity index is 0.000000616. The van der Waals surface area contributed by atoms with E-state index in [2.05, 4.69) is 288 Å². The highest BCUT2D eigenvalue weighted by molar-refractivity contribution is 5.80. The van der Waals surface area contributed by atoms with Crippen molar-refractivity contribution in [3.63, 3.8) is 0 Å². The van der Waals surface area contributed by atoms with Crippen molar-refractivity contribution in [1.82, 2.24) is 80.7 Å². The van der Waals surface area contributed by atoms with Crippen molar-refractivity contribution in [2.75, 3.05) is 0 Å². The number of pyridine rings is 3. The number of allylic oxidation sites excluding steroid dienone is 7. The molecule has 20 nitrogen and oxygen atoms in total. The summed E-state index contributed by atoms with van der Waals surface area (Å²) in [4.78, 5) is 50.8. The van der Waals surface area contributed by atoms with E-state index in [0.29, 0.717) is 65.1 Å². The fourth-order valence-corrected chi connectivity index (χ4v) is 9.21. The number of aryl methyl sites for hydroxylation is 8. The molecule has 3 N–H and O–H groups in total. The minimum atomic E-state index is -0.0452. The highest BCUT2D eigenvalue weighted by Gasteiger charge is 2.09. The third-order valence-corrected chi connectivity index (χ3v) is 16.7. The SMILES string of the molecule is C=C1C=C(C(C)C)C=CN1.C=C1C=C(C(C)C)C=NN1.C=C1C=C(C(C)C)N=CN1.CC(C)c1ccn(C)c(=O)c1.CC(C)c1cnn(C)c(=O)c1.Cc1cc(C(C)C)ccn1.Cc1cc(C(C)C)ccn1.Cc1cc(C(C)C)cnn1.Cc1cc(C(C)C)cnn1.Cc1cc(C(C)C)ncn1.Cc1cc(C(C)C)ncn1. The number of rotatable bonds is 11. The zero-order valence-corrected chi connectivity index (χ0v) is 73.5. The van der Waals surface area contributed by atoms with Gasteiger partial charge in [0, 0.05) is 108 Å². The maximum absolute atomic E-state index is 11.1. The summed E-state index contributed by atoms with van der Waals surface area (Å²) in [6, 6.07) is 21.9. The van der Waals surface area contributed by atoms with Gasteiger partial charge in [0.2, 0.25) is 0 Å². The highest BCUT2D eigenvalue weighted by Crippen LogP contribution is 2.20. The van der Waals surface area contributed by atoms with Gasteiger partial charge < -0.3 is 15.2 Å². The fraction of sp³-hybridized carbons (Fsp3) is 0.446. The molecule has 0 unspecified atom stereocenters. The molecule has 3 aliphatic heterocycles. The molecule has 8 aromatic heterocycles. The average Bonchev–Trinajstić information content (AvgIpc) is 0.876. The third kappa shape index (κ3) is 43.1. The van der Waals surface area contributed by atoms with Crippen molar-refractivity contribution in [1.29, 1.82) is 0 Å². The van der Waals surface area contributed by atoms with Gasteiger partial charge in [0.1, 0.15) is 12.7 Å². The average molecular weight is 1530 g/mol. The van der Waals surface area contributed by atoms with Crippen molar-refractivity contribution in [3.05, 3.63) is 300 Å². The van der Waals surface area contributed by atoms with Gasteiger partial charge in [-0.1, -0.05) is 172 Å². The fourth-order valence-electron chi connectivity index (χ4n) is 9.21. The zero-order chi connectivity index (χ0) is 84.9. The van der Waals surface area contributed by atoms with Crippen molar-refractivity contribution in [2.24, 2.45) is 41.9 Å². The van der Waals surface area contributed by atoms with Crippen molar-refractivity contribution >= 4 is 12.6 Å². The zero-order valence-electron chi connectivity index (χ0n) is 73.5. The van der Waals surface area contributed by atoms with Crippen molar-refractivity contribution < 1.29 is 0 Å². The molecule has 11 heterocycles. The number of hydrogen-bond donors (Lipinski definition) is 3. The summed E-state index contributed by atoms with van der Waals surface area (Å²) in [6.45, 7) is 70.2. The van der Waals surface area contributed by atoms with E-state index >= 15 is 0 Å². The van der Waals surface area contributed by atoms with Crippen LogP contribution >= 0.6 is 0 Å². The Hall–Kier alpha value is -10.6. The van der Waals surface area contributed by atoms with Crippen molar-refractivity contribution in [2.45, 2.75) is 241 Å². The number of hydrogen-bond acceptors (Lipinski definition) is 18. The first-order valence-electron chi connectivity index (χ1n) is 38.9. The van der Waals surface area contributed by atoms with Gasteiger partial charge in [-0.05, 0) is 230 Å². The summed E-state index contributed by atoms with van der Waals surface area (Å²) in [5, 5.41) is 29.2. The second-order valence-corrected chi connectivity index (χ2v) is 30.9. The van der Waals surface area contributed by atoms with E-state index in [4.69, 9.17) is 0 Å². The molecule has 0 saturated heterocycles. The Morgan fingerprint density at radius 2 is 0.786 bits per heavy atom. The molecule has 0 aromatic carbocycles. The standard InChI is InChI=1S/C9H13NO.3C9H13N.C8H12N2O.6C8H12N2/c1-7(2)8-4-5-10(3)9(11)6-8;3*1-7(2)9-4-5-10-8(3)6-9;1-6(2)7-4-8(11)10(3)9-5-7;3*1-6(2)8-4-7(3)9-5-10-8;3*1-6(2)8-4-7(3)10-9-5-8/h4-7H,1-3H3;2*4-7H,1-3H3;4-7,10H,3H2,1-2H3;4-6H,1-3H3;2*4-6H,1-3H3;4-6H,3H2,1-2H3,(H,9,10);2*4-6H,1-3H3;4-6,10H,3H2,1-2H3. The number of hydrazone groups is 1. The summed E-state index contributed by atoms with van der Waals surface area (Å²) in [5.74, 6) is 5.74. The lowest BCUT2D eigenvalue weighted by Crippen LogP contribution is -2.19. The Morgan fingerprint density at radius 3 is 1.09 bits per heavy atom. The summed E-state index contributed by atoms with van der Waals surface area (Å²) in [7, 11) is 3.40. The van der Waals surface area contributed by atoms with Crippen molar-refractivity contribution in [3.8, 4) is 0 Å². The van der Waals surface area contributed by atoms with Crippen LogP contribution in [-0.4, -0.2) is 77.2 Å². The second-order valence-electron chi connectivity index (χ2n) is 30.9. The molecule has 0 spiro atoms. The van der Waals surface area contributed by atoms with Gasteiger partial charge in [0.05, 0.1) is 42.5 Å². The van der Waals surface area contributed by atoms with Gasteiger partial charge in [0.25, 0.3) is 11.1 Å². The second kappa shape index (κ2) is 53.3. The molecular formula is C92H136N18O2. The molecular weight excluding hydrogens is 1390 g/mol. The number of nitrogens with one attached hydrogen (secondary N) is 3. The molecule has 3 aliphatic rings. The molecule has 0 bridgehead atoms. The molecule has 0 aliphatic carbocycles. The van der Waals surface area contributed by atoms with Crippen LogP contribution in [0, 0.1) is 59.3 Å².